The molecule has 1 aliphatic carbocycles. The largest absolute Gasteiger partial charge is 0.334 e. The van der Waals surface area contributed by atoms with Crippen molar-refractivity contribution in [2.24, 2.45) is 5.92 Å². The number of likely N-dealkylation sites (tertiary alicyclic amines) is 1. The normalized spacial score (nSPS) is 24.3. The average molecular weight is 308 g/mol. The molecule has 1 aliphatic heterocycles. The molecule has 0 aromatic heterocycles. The number of urea groups is 1. The van der Waals surface area contributed by atoms with Crippen molar-refractivity contribution in [3.63, 3.8) is 0 Å². The molecule has 1 N–H and O–H groups in total. The second-order valence-corrected chi connectivity index (χ2v) is 7.92. The fraction of sp³-hybridized carbons (Fsp3) is 0.533. The predicted molar refractivity (Wildman–Crippen MR) is 79.6 cm³/mol. The summed E-state index contributed by atoms with van der Waals surface area (Å²) in [6, 6.07) is 7.13. The zero-order valence-corrected chi connectivity index (χ0v) is 12.9. The van der Waals surface area contributed by atoms with Gasteiger partial charge in [-0.3, -0.25) is 0 Å². The van der Waals surface area contributed by atoms with Gasteiger partial charge in [0, 0.05) is 25.4 Å². The third-order valence-electron chi connectivity index (χ3n) is 4.32. The average Bonchev–Trinajstić information content (AvgIpc) is 3.23. The molecular formula is C15H20N2O3S. The van der Waals surface area contributed by atoms with Gasteiger partial charge in [0.1, 0.15) is 0 Å². The monoisotopic (exact) mass is 308 g/mol. The van der Waals surface area contributed by atoms with Crippen LogP contribution in [-0.4, -0.2) is 38.2 Å². The molecule has 114 valence electrons. The third kappa shape index (κ3) is 3.05. The Kier molecular flexibility index (Phi) is 3.65. The molecule has 1 saturated carbocycles. The molecule has 0 bridgehead atoms. The van der Waals surface area contributed by atoms with E-state index in [-0.39, 0.29) is 17.5 Å². The van der Waals surface area contributed by atoms with Crippen molar-refractivity contribution in [2.75, 3.05) is 12.8 Å². The lowest BCUT2D eigenvalue weighted by Crippen LogP contribution is -2.43. The van der Waals surface area contributed by atoms with Gasteiger partial charge >= 0.3 is 6.03 Å². The Labute approximate surface area is 125 Å². The number of fused-ring (bicyclic) bond motifs is 1. The molecule has 1 heterocycles. The van der Waals surface area contributed by atoms with E-state index in [4.69, 9.17) is 0 Å². The van der Waals surface area contributed by atoms with Crippen molar-refractivity contribution in [1.82, 2.24) is 10.2 Å². The van der Waals surface area contributed by atoms with E-state index >= 15 is 0 Å². The van der Waals surface area contributed by atoms with E-state index in [9.17, 15) is 13.2 Å². The van der Waals surface area contributed by atoms with Crippen LogP contribution in [0, 0.1) is 5.92 Å². The zero-order chi connectivity index (χ0) is 15.0. The number of sulfone groups is 1. The number of hydrogen-bond donors (Lipinski definition) is 1. The highest BCUT2D eigenvalue weighted by atomic mass is 32.2. The molecule has 2 atom stereocenters. The van der Waals surface area contributed by atoms with Crippen LogP contribution in [0.15, 0.2) is 29.2 Å². The first-order valence-electron chi connectivity index (χ1n) is 7.29. The minimum Gasteiger partial charge on any atom is -0.334 e. The molecule has 1 aromatic carbocycles. The number of nitrogens with zero attached hydrogens (tertiary/aromatic N) is 1. The maximum absolute atomic E-state index is 12.2. The molecule has 2 aliphatic rings. The van der Waals surface area contributed by atoms with Gasteiger partial charge in [0.15, 0.2) is 9.84 Å². The van der Waals surface area contributed by atoms with E-state index in [1.807, 2.05) is 4.90 Å². The summed E-state index contributed by atoms with van der Waals surface area (Å²) < 4.78 is 23.5. The van der Waals surface area contributed by atoms with Crippen LogP contribution in [-0.2, 0) is 16.4 Å². The molecule has 2 amide bonds. The highest BCUT2D eigenvalue weighted by Crippen LogP contribution is 2.42. The molecule has 5 nitrogen and oxygen atoms in total. The van der Waals surface area contributed by atoms with Crippen LogP contribution in [0.5, 0.6) is 0 Å². The Morgan fingerprint density at radius 2 is 2.14 bits per heavy atom. The minimum atomic E-state index is -3.27. The molecule has 6 heteroatoms. The number of amides is 2. The van der Waals surface area contributed by atoms with E-state index in [1.54, 1.807) is 24.3 Å². The molecule has 21 heavy (non-hydrogen) atoms. The number of benzene rings is 1. The third-order valence-corrected chi connectivity index (χ3v) is 5.52. The van der Waals surface area contributed by atoms with Crippen molar-refractivity contribution in [2.45, 2.75) is 36.7 Å². The predicted octanol–water partition coefficient (Wildman–Crippen LogP) is 1.78. The van der Waals surface area contributed by atoms with Gasteiger partial charge in [-0.2, -0.15) is 0 Å². The fourth-order valence-corrected chi connectivity index (χ4v) is 4.09. The standard InChI is InChI=1S/C15H20N2O3S/c1-21(19,20)14-7-3-2-5-12(14)10-16-15(18)17-8-4-6-11-9-13(11)17/h2-3,5,7,11,13H,4,6,8-10H2,1H3,(H,16,18). The molecule has 3 rings (SSSR count). The Balaban J connectivity index is 1.67. The van der Waals surface area contributed by atoms with Crippen LogP contribution in [0.3, 0.4) is 0 Å². The molecule has 2 fully saturated rings. The van der Waals surface area contributed by atoms with Crippen molar-refractivity contribution < 1.29 is 13.2 Å². The number of rotatable bonds is 3. The van der Waals surface area contributed by atoms with Gasteiger partial charge in [0.25, 0.3) is 0 Å². The number of carbonyl (C=O) groups is 1. The van der Waals surface area contributed by atoms with Crippen LogP contribution < -0.4 is 5.32 Å². The summed E-state index contributed by atoms with van der Waals surface area (Å²) in [4.78, 5) is 14.4. The van der Waals surface area contributed by atoms with Gasteiger partial charge in [0.2, 0.25) is 0 Å². The van der Waals surface area contributed by atoms with E-state index in [0.717, 1.165) is 19.4 Å². The molecular weight excluding hydrogens is 288 g/mol. The topological polar surface area (TPSA) is 66.5 Å². The number of hydrogen-bond acceptors (Lipinski definition) is 3. The number of carbonyl (C=O) groups excluding carboxylic acids is 1. The summed E-state index contributed by atoms with van der Waals surface area (Å²) in [7, 11) is -3.27. The van der Waals surface area contributed by atoms with Crippen LogP contribution in [0.1, 0.15) is 24.8 Å². The molecule has 1 saturated heterocycles. The SMILES string of the molecule is CS(=O)(=O)c1ccccc1CNC(=O)N1CCCC2CC21. The Hall–Kier alpha value is -1.56. The van der Waals surface area contributed by atoms with E-state index in [2.05, 4.69) is 5.32 Å². The van der Waals surface area contributed by atoms with Gasteiger partial charge in [0.05, 0.1) is 4.90 Å². The molecule has 0 spiro atoms. The van der Waals surface area contributed by atoms with Crippen LogP contribution in [0.4, 0.5) is 4.79 Å². The van der Waals surface area contributed by atoms with E-state index in [0.29, 0.717) is 17.5 Å². The Bertz CT molecular complexity index is 657. The van der Waals surface area contributed by atoms with Crippen LogP contribution in [0.25, 0.3) is 0 Å². The maximum atomic E-state index is 12.2. The van der Waals surface area contributed by atoms with Crippen molar-refractivity contribution in [1.29, 1.82) is 0 Å². The first kappa shape index (κ1) is 14.4. The zero-order valence-electron chi connectivity index (χ0n) is 12.1. The molecule has 0 radical (unpaired) electrons. The van der Waals surface area contributed by atoms with Crippen molar-refractivity contribution in [3.8, 4) is 0 Å². The Morgan fingerprint density at radius 3 is 2.90 bits per heavy atom. The second-order valence-electron chi connectivity index (χ2n) is 5.94. The van der Waals surface area contributed by atoms with Crippen LogP contribution in [0.2, 0.25) is 0 Å². The molecule has 2 unspecified atom stereocenters. The maximum Gasteiger partial charge on any atom is 0.317 e. The number of nitrogens with one attached hydrogen (secondary N) is 1. The van der Waals surface area contributed by atoms with Gasteiger partial charge < -0.3 is 10.2 Å². The van der Waals surface area contributed by atoms with Gasteiger partial charge in [-0.25, -0.2) is 13.2 Å². The fourth-order valence-electron chi connectivity index (χ4n) is 3.15. The summed E-state index contributed by atoms with van der Waals surface area (Å²) in [5.74, 6) is 0.688. The van der Waals surface area contributed by atoms with Crippen LogP contribution >= 0.6 is 0 Å². The quantitative estimate of drug-likeness (QED) is 0.925. The highest BCUT2D eigenvalue weighted by molar-refractivity contribution is 7.90. The lowest BCUT2D eigenvalue weighted by atomic mass is 10.1. The first-order valence-corrected chi connectivity index (χ1v) is 9.18. The first-order chi connectivity index (χ1) is 9.97. The summed E-state index contributed by atoms with van der Waals surface area (Å²) >= 11 is 0. The number of piperidine rings is 1. The molecule has 1 aromatic rings. The summed E-state index contributed by atoms with van der Waals surface area (Å²) in [5, 5.41) is 2.86. The second kappa shape index (κ2) is 5.33. The van der Waals surface area contributed by atoms with Gasteiger partial charge in [-0.15, -0.1) is 0 Å². The van der Waals surface area contributed by atoms with Gasteiger partial charge in [-0.05, 0) is 36.8 Å². The lowest BCUT2D eigenvalue weighted by Gasteiger charge is -2.27. The summed E-state index contributed by atoms with van der Waals surface area (Å²) in [6.07, 6.45) is 4.60. The van der Waals surface area contributed by atoms with E-state index < -0.39 is 9.84 Å². The summed E-state index contributed by atoms with van der Waals surface area (Å²) in [6.45, 7) is 1.05. The van der Waals surface area contributed by atoms with Crippen molar-refractivity contribution >= 4 is 15.9 Å². The minimum absolute atomic E-state index is 0.0782. The summed E-state index contributed by atoms with van der Waals surface area (Å²) in [5.41, 5.74) is 0.637. The van der Waals surface area contributed by atoms with Gasteiger partial charge in [-0.1, -0.05) is 18.2 Å². The Morgan fingerprint density at radius 1 is 1.38 bits per heavy atom. The smallest absolute Gasteiger partial charge is 0.317 e. The van der Waals surface area contributed by atoms with E-state index in [1.165, 1.54) is 12.7 Å². The van der Waals surface area contributed by atoms with Crippen molar-refractivity contribution in [3.05, 3.63) is 29.8 Å². The lowest BCUT2D eigenvalue weighted by molar-refractivity contribution is 0.181. The highest BCUT2D eigenvalue weighted by Gasteiger charge is 2.45.